The van der Waals surface area contributed by atoms with E-state index < -0.39 is 14.4 Å². The molecule has 6 heteroatoms. The van der Waals surface area contributed by atoms with Crippen LogP contribution in [0.4, 0.5) is 10.6 Å². The van der Waals surface area contributed by atoms with Crippen molar-refractivity contribution >= 4 is 20.2 Å². The van der Waals surface area contributed by atoms with Crippen molar-refractivity contribution in [2.75, 3.05) is 5.32 Å². The van der Waals surface area contributed by atoms with Crippen LogP contribution in [0.5, 0.6) is 0 Å². The fourth-order valence-electron chi connectivity index (χ4n) is 1.17. The van der Waals surface area contributed by atoms with Gasteiger partial charge in [-0.25, -0.2) is 9.78 Å². The normalized spacial score (nSPS) is 12.3. The van der Waals surface area contributed by atoms with Gasteiger partial charge in [0, 0.05) is 6.20 Å². The molecule has 1 aromatic rings. The summed E-state index contributed by atoms with van der Waals surface area (Å²) in [7, 11) is -1.76. The summed E-state index contributed by atoms with van der Waals surface area (Å²) in [5, 5.41) is 10.9. The highest BCUT2D eigenvalue weighted by Crippen LogP contribution is 2.37. The minimum absolute atomic E-state index is 0.172. The molecule has 106 valence electrons. The van der Waals surface area contributed by atoms with Gasteiger partial charge >= 0.3 is 6.09 Å². The van der Waals surface area contributed by atoms with Crippen LogP contribution in [0.3, 0.4) is 0 Å². The zero-order valence-electron chi connectivity index (χ0n) is 12.2. The van der Waals surface area contributed by atoms with Crippen molar-refractivity contribution in [2.24, 2.45) is 0 Å². The van der Waals surface area contributed by atoms with Crippen molar-refractivity contribution in [3.05, 3.63) is 23.9 Å². The molecule has 0 aliphatic heterocycles. The third kappa shape index (κ3) is 4.64. The van der Waals surface area contributed by atoms with Crippen molar-refractivity contribution in [2.45, 2.75) is 45.5 Å². The first-order chi connectivity index (χ1) is 8.62. The first-order valence-electron chi connectivity index (χ1n) is 6.21. The lowest BCUT2D eigenvalue weighted by Crippen LogP contribution is -2.40. The minimum Gasteiger partial charge on any atom is -0.465 e. The van der Waals surface area contributed by atoms with Crippen LogP contribution < -0.4 is 5.32 Å². The largest absolute Gasteiger partial charge is 0.465 e. The van der Waals surface area contributed by atoms with E-state index in [1.165, 1.54) is 0 Å². The monoisotopic (exact) mass is 282 g/mol. The Labute approximate surface area is 115 Å². The number of nitrogens with one attached hydrogen (secondary N) is 1. The summed E-state index contributed by atoms with van der Waals surface area (Å²) in [6.45, 7) is 11.5. The second-order valence-corrected chi connectivity index (χ2v) is 10.8. The van der Waals surface area contributed by atoms with Gasteiger partial charge in [-0.2, -0.15) is 0 Å². The summed E-state index contributed by atoms with van der Waals surface area (Å²) < 4.78 is 6.06. The maximum atomic E-state index is 10.5. The number of rotatable bonds is 4. The Morgan fingerprint density at radius 3 is 2.47 bits per heavy atom. The van der Waals surface area contributed by atoms with E-state index in [9.17, 15) is 4.79 Å². The lowest BCUT2D eigenvalue weighted by atomic mass is 10.2. The maximum absolute atomic E-state index is 10.5. The molecule has 0 saturated heterocycles. The number of anilines is 1. The molecule has 0 aromatic carbocycles. The van der Waals surface area contributed by atoms with E-state index >= 15 is 0 Å². The molecule has 1 amide bonds. The quantitative estimate of drug-likeness (QED) is 0.826. The van der Waals surface area contributed by atoms with Crippen LogP contribution in [0.15, 0.2) is 18.3 Å². The third-order valence-electron chi connectivity index (χ3n) is 3.47. The predicted octanol–water partition coefficient (Wildman–Crippen LogP) is 3.69. The molecule has 0 spiro atoms. The summed E-state index contributed by atoms with van der Waals surface area (Å²) in [6.07, 6.45) is 0.524. The van der Waals surface area contributed by atoms with Crippen molar-refractivity contribution in [1.82, 2.24) is 4.98 Å². The van der Waals surface area contributed by atoms with E-state index in [2.05, 4.69) is 44.2 Å². The molecule has 0 aliphatic carbocycles. The first kappa shape index (κ1) is 15.7. The lowest BCUT2D eigenvalue weighted by molar-refractivity contribution is 0.209. The highest BCUT2D eigenvalue weighted by atomic mass is 28.4. The molecule has 2 N–H and O–H groups in total. The zero-order valence-corrected chi connectivity index (χ0v) is 13.2. The van der Waals surface area contributed by atoms with E-state index in [-0.39, 0.29) is 5.04 Å². The fourth-order valence-corrected chi connectivity index (χ4v) is 2.13. The SMILES string of the molecule is CC(C)(C)[Si](C)(C)OCc1ccc(NC(=O)O)nc1. The Morgan fingerprint density at radius 2 is 2.05 bits per heavy atom. The summed E-state index contributed by atoms with van der Waals surface area (Å²) in [5.74, 6) is 0.323. The zero-order chi connectivity index (χ0) is 14.7. The average molecular weight is 282 g/mol. The van der Waals surface area contributed by atoms with Gasteiger partial charge in [-0.15, -0.1) is 0 Å². The van der Waals surface area contributed by atoms with Gasteiger partial charge in [0.25, 0.3) is 0 Å². The van der Waals surface area contributed by atoms with E-state index in [0.717, 1.165) is 5.56 Å². The first-order valence-corrected chi connectivity index (χ1v) is 9.11. The summed E-state index contributed by atoms with van der Waals surface area (Å²) in [6, 6.07) is 3.46. The number of carbonyl (C=O) groups is 1. The van der Waals surface area contributed by atoms with Gasteiger partial charge in [-0.3, -0.25) is 5.32 Å². The van der Waals surface area contributed by atoms with E-state index in [1.807, 2.05) is 6.07 Å². The number of nitrogens with zero attached hydrogens (tertiary/aromatic N) is 1. The van der Waals surface area contributed by atoms with E-state index in [0.29, 0.717) is 12.4 Å². The van der Waals surface area contributed by atoms with Gasteiger partial charge in [-0.05, 0) is 29.8 Å². The Bertz CT molecular complexity index is 438. The molecule has 1 rings (SSSR count). The summed E-state index contributed by atoms with van der Waals surface area (Å²) in [5.41, 5.74) is 0.945. The van der Waals surface area contributed by atoms with E-state index in [1.54, 1.807) is 12.3 Å². The number of aromatic nitrogens is 1. The van der Waals surface area contributed by atoms with Gasteiger partial charge in [0.15, 0.2) is 8.32 Å². The molecule has 0 fully saturated rings. The molecule has 19 heavy (non-hydrogen) atoms. The number of amides is 1. The van der Waals surface area contributed by atoms with E-state index in [4.69, 9.17) is 9.53 Å². The van der Waals surface area contributed by atoms with Gasteiger partial charge in [0.05, 0.1) is 6.61 Å². The molecule has 1 aromatic heterocycles. The topological polar surface area (TPSA) is 71.5 Å². The fraction of sp³-hybridized carbons (Fsp3) is 0.538. The predicted molar refractivity (Wildman–Crippen MR) is 77.9 cm³/mol. The number of hydrogen-bond acceptors (Lipinski definition) is 3. The molecule has 1 heterocycles. The highest BCUT2D eigenvalue weighted by Gasteiger charge is 2.36. The van der Waals surface area contributed by atoms with Crippen molar-refractivity contribution < 1.29 is 14.3 Å². The molecule has 0 atom stereocenters. The average Bonchev–Trinajstić information content (AvgIpc) is 2.26. The lowest BCUT2D eigenvalue weighted by Gasteiger charge is -2.36. The second kappa shape index (κ2) is 5.71. The summed E-state index contributed by atoms with van der Waals surface area (Å²) in [4.78, 5) is 14.5. The standard InChI is InChI=1S/C13H22N2O3Si/c1-13(2,3)19(4,5)18-9-10-6-7-11(14-8-10)15-12(16)17/h6-8H,9H2,1-5H3,(H,14,15)(H,16,17). The van der Waals surface area contributed by atoms with Crippen LogP contribution in [0.2, 0.25) is 18.1 Å². The number of pyridine rings is 1. The van der Waals surface area contributed by atoms with Gasteiger partial charge in [-0.1, -0.05) is 26.8 Å². The van der Waals surface area contributed by atoms with Crippen LogP contribution in [-0.2, 0) is 11.0 Å². The molecular weight excluding hydrogens is 260 g/mol. The molecule has 0 aliphatic rings. The molecule has 0 radical (unpaired) electrons. The summed E-state index contributed by atoms with van der Waals surface area (Å²) >= 11 is 0. The molecule has 5 nitrogen and oxygen atoms in total. The van der Waals surface area contributed by atoms with Crippen LogP contribution in [0.25, 0.3) is 0 Å². The minimum atomic E-state index is -1.76. The molecule has 0 unspecified atom stereocenters. The van der Waals surface area contributed by atoms with Crippen molar-refractivity contribution in [3.8, 4) is 0 Å². The molecule has 0 saturated carbocycles. The maximum Gasteiger partial charge on any atom is 0.410 e. The Hall–Kier alpha value is -1.40. The van der Waals surface area contributed by atoms with Crippen LogP contribution in [-0.4, -0.2) is 24.5 Å². The molecule has 0 bridgehead atoms. The van der Waals surface area contributed by atoms with Crippen LogP contribution in [0.1, 0.15) is 26.3 Å². The highest BCUT2D eigenvalue weighted by molar-refractivity contribution is 6.74. The van der Waals surface area contributed by atoms with Gasteiger partial charge in [0.1, 0.15) is 5.82 Å². The van der Waals surface area contributed by atoms with Crippen LogP contribution >= 0.6 is 0 Å². The van der Waals surface area contributed by atoms with Crippen molar-refractivity contribution in [1.29, 1.82) is 0 Å². The molecular formula is C13H22N2O3Si. The number of carboxylic acid groups (broad SMARTS) is 1. The van der Waals surface area contributed by atoms with Gasteiger partial charge in [0.2, 0.25) is 0 Å². The Balaban J connectivity index is 2.62. The smallest absolute Gasteiger partial charge is 0.410 e. The van der Waals surface area contributed by atoms with Crippen molar-refractivity contribution in [3.63, 3.8) is 0 Å². The Kier molecular flexibility index (Phi) is 4.70. The second-order valence-electron chi connectivity index (χ2n) is 6.03. The number of hydrogen-bond donors (Lipinski definition) is 2. The van der Waals surface area contributed by atoms with Crippen LogP contribution in [0, 0.1) is 0 Å². The third-order valence-corrected chi connectivity index (χ3v) is 7.94. The Morgan fingerprint density at radius 1 is 1.42 bits per heavy atom. The van der Waals surface area contributed by atoms with Gasteiger partial charge < -0.3 is 9.53 Å².